The van der Waals surface area contributed by atoms with Crippen molar-refractivity contribution < 1.29 is 18.0 Å². The number of hydrogen-bond donors (Lipinski definition) is 1. The lowest BCUT2D eigenvalue weighted by Crippen LogP contribution is -2.54. The SMILES string of the molecule is Cc1c(Cl)cccc1N(CC(=O)N(Cc1ccccc1Cl)C(Cc1ccccc1)C(=O)NC(C)C)S(=O)(=O)c1ccccc1. The molecule has 0 bridgehead atoms. The second-order valence-electron chi connectivity index (χ2n) is 10.7. The molecule has 0 saturated heterocycles. The number of nitrogens with zero attached hydrogens (tertiary/aromatic N) is 2. The molecule has 0 aliphatic heterocycles. The van der Waals surface area contributed by atoms with E-state index in [2.05, 4.69) is 5.32 Å². The van der Waals surface area contributed by atoms with E-state index in [1.807, 2.05) is 44.2 Å². The summed E-state index contributed by atoms with van der Waals surface area (Å²) in [5.74, 6) is -0.940. The monoisotopic (exact) mass is 651 g/mol. The molecular formula is C34H35Cl2N3O4S. The van der Waals surface area contributed by atoms with Crippen LogP contribution in [-0.2, 0) is 32.6 Å². The molecular weight excluding hydrogens is 617 g/mol. The minimum absolute atomic E-state index is 0.0169. The van der Waals surface area contributed by atoms with E-state index >= 15 is 0 Å². The number of carbonyl (C=O) groups excluding carboxylic acids is 2. The maximum Gasteiger partial charge on any atom is 0.264 e. The van der Waals surface area contributed by atoms with Gasteiger partial charge < -0.3 is 10.2 Å². The van der Waals surface area contributed by atoms with E-state index in [0.717, 1.165) is 9.87 Å². The summed E-state index contributed by atoms with van der Waals surface area (Å²) in [5, 5.41) is 3.72. The molecule has 44 heavy (non-hydrogen) atoms. The van der Waals surface area contributed by atoms with Crippen LogP contribution in [-0.4, -0.2) is 43.8 Å². The molecule has 0 aromatic heterocycles. The molecule has 0 heterocycles. The molecule has 2 amide bonds. The van der Waals surface area contributed by atoms with Gasteiger partial charge in [0.2, 0.25) is 11.8 Å². The zero-order valence-corrected chi connectivity index (χ0v) is 27.1. The van der Waals surface area contributed by atoms with Gasteiger partial charge in [-0.05, 0) is 67.8 Å². The number of halogens is 2. The van der Waals surface area contributed by atoms with Crippen molar-refractivity contribution in [3.05, 3.63) is 130 Å². The normalized spacial score (nSPS) is 12.0. The van der Waals surface area contributed by atoms with Crippen molar-refractivity contribution in [3.8, 4) is 0 Å². The van der Waals surface area contributed by atoms with Crippen molar-refractivity contribution in [1.29, 1.82) is 0 Å². The molecule has 1 unspecified atom stereocenters. The van der Waals surface area contributed by atoms with Gasteiger partial charge in [-0.25, -0.2) is 8.42 Å². The molecule has 10 heteroatoms. The Bertz CT molecular complexity index is 1700. The van der Waals surface area contributed by atoms with E-state index in [0.29, 0.717) is 21.2 Å². The summed E-state index contributed by atoms with van der Waals surface area (Å²) < 4.78 is 29.3. The summed E-state index contributed by atoms with van der Waals surface area (Å²) in [6, 6.07) is 28.1. The predicted molar refractivity (Wildman–Crippen MR) is 176 cm³/mol. The van der Waals surface area contributed by atoms with Crippen molar-refractivity contribution in [1.82, 2.24) is 10.2 Å². The highest BCUT2D eigenvalue weighted by Crippen LogP contribution is 2.31. The van der Waals surface area contributed by atoms with Gasteiger partial charge in [-0.2, -0.15) is 0 Å². The number of benzene rings is 4. The van der Waals surface area contributed by atoms with Crippen molar-refractivity contribution in [3.63, 3.8) is 0 Å². The largest absolute Gasteiger partial charge is 0.352 e. The van der Waals surface area contributed by atoms with Gasteiger partial charge in [-0.1, -0.05) is 96.0 Å². The van der Waals surface area contributed by atoms with Crippen LogP contribution in [0.2, 0.25) is 10.0 Å². The first kappa shape index (κ1) is 33.1. The highest BCUT2D eigenvalue weighted by Gasteiger charge is 2.35. The third kappa shape index (κ3) is 8.00. The predicted octanol–water partition coefficient (Wildman–Crippen LogP) is 6.66. The van der Waals surface area contributed by atoms with E-state index in [9.17, 15) is 18.0 Å². The molecule has 1 N–H and O–H groups in total. The molecule has 0 radical (unpaired) electrons. The number of nitrogens with one attached hydrogen (secondary N) is 1. The third-order valence-corrected chi connectivity index (χ3v) is 9.67. The van der Waals surface area contributed by atoms with E-state index in [4.69, 9.17) is 23.2 Å². The van der Waals surface area contributed by atoms with Crippen LogP contribution < -0.4 is 9.62 Å². The first-order chi connectivity index (χ1) is 21.0. The Kier molecular flexibility index (Phi) is 11.1. The van der Waals surface area contributed by atoms with E-state index in [-0.39, 0.29) is 35.5 Å². The molecule has 0 saturated carbocycles. The molecule has 0 spiro atoms. The highest BCUT2D eigenvalue weighted by atomic mass is 35.5. The summed E-state index contributed by atoms with van der Waals surface area (Å²) in [5.41, 5.74) is 2.22. The summed E-state index contributed by atoms with van der Waals surface area (Å²) in [7, 11) is -4.23. The van der Waals surface area contributed by atoms with Crippen LogP contribution in [0.1, 0.15) is 30.5 Å². The molecule has 0 aliphatic rings. The Morgan fingerprint density at radius 3 is 2.02 bits per heavy atom. The fourth-order valence-electron chi connectivity index (χ4n) is 4.84. The Morgan fingerprint density at radius 2 is 1.39 bits per heavy atom. The van der Waals surface area contributed by atoms with Crippen molar-refractivity contribution in [2.45, 2.75) is 50.7 Å². The van der Waals surface area contributed by atoms with Gasteiger partial charge in [0, 0.05) is 29.1 Å². The Hall–Kier alpha value is -3.85. The van der Waals surface area contributed by atoms with Crippen LogP contribution in [0, 0.1) is 6.92 Å². The quantitative estimate of drug-likeness (QED) is 0.186. The Balaban J connectivity index is 1.84. The second-order valence-corrected chi connectivity index (χ2v) is 13.4. The van der Waals surface area contributed by atoms with Gasteiger partial charge in [0.15, 0.2) is 0 Å². The van der Waals surface area contributed by atoms with Crippen molar-refractivity contribution >= 4 is 50.7 Å². The lowest BCUT2D eigenvalue weighted by atomic mass is 10.0. The molecule has 4 aromatic carbocycles. The van der Waals surface area contributed by atoms with Gasteiger partial charge in [0.05, 0.1) is 10.6 Å². The molecule has 1 atom stereocenters. The summed E-state index contributed by atoms with van der Waals surface area (Å²) in [6.07, 6.45) is 0.206. The number of anilines is 1. The second kappa shape index (κ2) is 14.8. The Morgan fingerprint density at radius 1 is 0.795 bits per heavy atom. The van der Waals surface area contributed by atoms with Crippen molar-refractivity contribution in [2.24, 2.45) is 0 Å². The minimum atomic E-state index is -4.23. The fraction of sp³-hybridized carbons (Fsp3) is 0.235. The summed E-state index contributed by atoms with van der Waals surface area (Å²) >= 11 is 13.0. The number of sulfonamides is 1. The van der Waals surface area contributed by atoms with Gasteiger partial charge in [-0.3, -0.25) is 13.9 Å². The number of carbonyl (C=O) groups is 2. The first-order valence-corrected chi connectivity index (χ1v) is 16.4. The van der Waals surface area contributed by atoms with Crippen LogP contribution in [0.4, 0.5) is 5.69 Å². The van der Waals surface area contributed by atoms with E-state index < -0.39 is 28.5 Å². The lowest BCUT2D eigenvalue weighted by Gasteiger charge is -2.34. The van der Waals surface area contributed by atoms with Crippen LogP contribution in [0.15, 0.2) is 108 Å². The number of amides is 2. The average Bonchev–Trinajstić information content (AvgIpc) is 3.00. The topological polar surface area (TPSA) is 86.8 Å². The highest BCUT2D eigenvalue weighted by molar-refractivity contribution is 7.92. The zero-order valence-electron chi connectivity index (χ0n) is 24.8. The third-order valence-electron chi connectivity index (χ3n) is 7.12. The van der Waals surface area contributed by atoms with Crippen LogP contribution in [0.5, 0.6) is 0 Å². The lowest BCUT2D eigenvalue weighted by molar-refractivity contribution is -0.140. The van der Waals surface area contributed by atoms with Gasteiger partial charge in [0.25, 0.3) is 10.0 Å². The smallest absolute Gasteiger partial charge is 0.264 e. The van der Waals surface area contributed by atoms with Crippen molar-refractivity contribution in [2.75, 3.05) is 10.8 Å². The molecule has 4 rings (SSSR count). The maximum absolute atomic E-state index is 14.5. The maximum atomic E-state index is 14.5. The summed E-state index contributed by atoms with van der Waals surface area (Å²) in [6.45, 7) is 4.78. The molecule has 230 valence electrons. The molecule has 4 aromatic rings. The minimum Gasteiger partial charge on any atom is -0.352 e. The molecule has 0 aliphatic carbocycles. The zero-order chi connectivity index (χ0) is 31.9. The van der Waals surface area contributed by atoms with Crippen LogP contribution in [0.3, 0.4) is 0 Å². The average molecular weight is 653 g/mol. The van der Waals surface area contributed by atoms with Crippen LogP contribution in [0.25, 0.3) is 0 Å². The number of hydrogen-bond acceptors (Lipinski definition) is 4. The van der Waals surface area contributed by atoms with Gasteiger partial charge in [-0.15, -0.1) is 0 Å². The van der Waals surface area contributed by atoms with Crippen LogP contribution >= 0.6 is 23.2 Å². The van der Waals surface area contributed by atoms with Gasteiger partial charge in [0.1, 0.15) is 12.6 Å². The first-order valence-electron chi connectivity index (χ1n) is 14.2. The molecule has 7 nitrogen and oxygen atoms in total. The van der Waals surface area contributed by atoms with E-state index in [1.165, 1.54) is 17.0 Å². The number of rotatable bonds is 12. The standard InChI is InChI=1S/C34H35Cl2N3O4S/c1-24(2)37-34(41)32(21-26-13-6-4-7-14-26)38(22-27-15-10-11-18-30(27)36)33(40)23-39(31-20-12-19-29(35)25(31)3)44(42,43)28-16-8-5-9-17-28/h4-20,24,32H,21-23H2,1-3H3,(H,37,41). The molecule has 0 fully saturated rings. The van der Waals surface area contributed by atoms with E-state index in [1.54, 1.807) is 67.6 Å². The Labute approximate surface area is 269 Å². The summed E-state index contributed by atoms with van der Waals surface area (Å²) in [4.78, 5) is 29.7. The van der Waals surface area contributed by atoms with Gasteiger partial charge >= 0.3 is 0 Å². The fourth-order valence-corrected chi connectivity index (χ4v) is 6.70.